The molecule has 152 valence electrons. The fourth-order valence-corrected chi connectivity index (χ4v) is 4.61. The topological polar surface area (TPSA) is 99.4 Å². The molecule has 2 aromatic heterocycles. The fraction of sp³-hybridized carbons (Fsp3) is 0.316. The van der Waals surface area contributed by atoms with Gasteiger partial charge in [-0.3, -0.25) is 9.97 Å². The highest BCUT2D eigenvalue weighted by molar-refractivity contribution is 7.89. The van der Waals surface area contributed by atoms with Gasteiger partial charge in [-0.1, -0.05) is 0 Å². The number of hydrogen-bond acceptors (Lipinski definition) is 7. The first kappa shape index (κ1) is 19.5. The Morgan fingerprint density at radius 1 is 1.14 bits per heavy atom. The molecule has 3 heterocycles. The minimum atomic E-state index is -3.71. The highest BCUT2D eigenvalue weighted by atomic mass is 32.2. The Kier molecular flexibility index (Phi) is 5.31. The summed E-state index contributed by atoms with van der Waals surface area (Å²) < 4.78 is 40.0. The molecule has 0 N–H and O–H groups in total. The van der Waals surface area contributed by atoms with E-state index in [4.69, 9.17) is 9.47 Å². The Bertz CT molecular complexity index is 1100. The van der Waals surface area contributed by atoms with Gasteiger partial charge in [0.05, 0.1) is 31.4 Å². The fourth-order valence-electron chi connectivity index (χ4n) is 3.22. The summed E-state index contributed by atoms with van der Waals surface area (Å²) in [5, 5.41) is 0.0233. The van der Waals surface area contributed by atoms with Gasteiger partial charge in [0.1, 0.15) is 11.9 Å². The maximum Gasteiger partial charge on any atom is 0.262 e. The van der Waals surface area contributed by atoms with Gasteiger partial charge in [-0.25, -0.2) is 13.4 Å². The molecule has 1 unspecified atom stereocenters. The van der Waals surface area contributed by atoms with Crippen LogP contribution < -0.4 is 4.74 Å². The molecule has 3 aromatic rings. The molecule has 0 aliphatic carbocycles. The van der Waals surface area contributed by atoms with Gasteiger partial charge >= 0.3 is 0 Å². The first-order valence-corrected chi connectivity index (χ1v) is 10.5. The van der Waals surface area contributed by atoms with Crippen molar-refractivity contribution in [2.45, 2.75) is 11.1 Å². The van der Waals surface area contributed by atoms with Gasteiger partial charge in [0, 0.05) is 44.3 Å². The maximum atomic E-state index is 12.9. The van der Waals surface area contributed by atoms with Crippen molar-refractivity contribution in [3.05, 3.63) is 54.9 Å². The molecule has 0 spiro atoms. The lowest BCUT2D eigenvalue weighted by Crippen LogP contribution is -2.42. The van der Waals surface area contributed by atoms with Crippen molar-refractivity contribution in [2.75, 3.05) is 26.8 Å². The number of aromatic nitrogens is 4. The van der Waals surface area contributed by atoms with Crippen LogP contribution in [0, 0.1) is 0 Å². The van der Waals surface area contributed by atoms with E-state index in [1.165, 1.54) is 16.8 Å². The smallest absolute Gasteiger partial charge is 0.262 e. The van der Waals surface area contributed by atoms with Crippen LogP contribution in [0.5, 0.6) is 5.75 Å². The van der Waals surface area contributed by atoms with E-state index in [0.717, 1.165) is 11.3 Å². The molecule has 1 saturated heterocycles. The first-order valence-electron chi connectivity index (χ1n) is 9.04. The third-order valence-corrected chi connectivity index (χ3v) is 6.46. The summed E-state index contributed by atoms with van der Waals surface area (Å²) in [4.78, 5) is 12.9. The van der Waals surface area contributed by atoms with Crippen LogP contribution in [0.15, 0.2) is 54.2 Å². The van der Waals surface area contributed by atoms with Crippen LogP contribution in [0.4, 0.5) is 0 Å². The number of nitrogens with zero attached hydrogens (tertiary/aromatic N) is 5. The molecule has 1 atom stereocenters. The SMILES string of the molecule is COc1ccc(-c2nccnc2C2CN(S(=O)(=O)c3cn(C)cn3)CCO2)cc1. The van der Waals surface area contributed by atoms with Crippen molar-refractivity contribution in [3.63, 3.8) is 0 Å². The predicted molar refractivity (Wildman–Crippen MR) is 105 cm³/mol. The number of sulfonamides is 1. The molecule has 0 amide bonds. The van der Waals surface area contributed by atoms with E-state index in [1.807, 2.05) is 24.3 Å². The molecule has 9 nitrogen and oxygen atoms in total. The Labute approximate surface area is 169 Å². The molecule has 4 rings (SSSR count). The number of benzene rings is 1. The number of ether oxygens (including phenoxy) is 2. The Hall–Kier alpha value is -2.82. The normalized spacial score (nSPS) is 17.9. The Morgan fingerprint density at radius 2 is 1.90 bits per heavy atom. The monoisotopic (exact) mass is 415 g/mol. The van der Waals surface area contributed by atoms with Gasteiger partial charge in [-0.05, 0) is 24.3 Å². The van der Waals surface area contributed by atoms with Crippen molar-refractivity contribution < 1.29 is 17.9 Å². The second-order valence-corrected chi connectivity index (χ2v) is 8.50. The number of methoxy groups -OCH3 is 1. The van der Waals surface area contributed by atoms with Crippen molar-refractivity contribution in [1.82, 2.24) is 23.8 Å². The molecule has 0 saturated carbocycles. The Balaban J connectivity index is 1.64. The lowest BCUT2D eigenvalue weighted by Gasteiger charge is -2.31. The van der Waals surface area contributed by atoms with Crippen molar-refractivity contribution >= 4 is 10.0 Å². The summed E-state index contributed by atoms with van der Waals surface area (Å²) in [6.07, 6.45) is 5.61. The highest BCUT2D eigenvalue weighted by Crippen LogP contribution is 2.31. The van der Waals surface area contributed by atoms with Crippen LogP contribution in [0.25, 0.3) is 11.3 Å². The van der Waals surface area contributed by atoms with E-state index in [1.54, 1.807) is 31.1 Å². The molecular weight excluding hydrogens is 394 g/mol. The molecule has 0 radical (unpaired) electrons. The molecule has 1 aliphatic heterocycles. The second-order valence-electron chi connectivity index (χ2n) is 6.62. The first-order chi connectivity index (χ1) is 14.0. The molecule has 1 aromatic carbocycles. The zero-order valence-corrected chi connectivity index (χ0v) is 16.9. The number of imidazole rings is 1. The van der Waals surface area contributed by atoms with Gasteiger partial charge < -0.3 is 14.0 Å². The molecule has 29 heavy (non-hydrogen) atoms. The van der Waals surface area contributed by atoms with Crippen LogP contribution >= 0.6 is 0 Å². The van der Waals surface area contributed by atoms with Crippen molar-refractivity contribution in [1.29, 1.82) is 0 Å². The van der Waals surface area contributed by atoms with Gasteiger partial charge in [-0.15, -0.1) is 0 Å². The largest absolute Gasteiger partial charge is 0.497 e. The maximum absolute atomic E-state index is 12.9. The summed E-state index contributed by atoms with van der Waals surface area (Å²) in [7, 11) is -0.375. The number of morpholine rings is 1. The van der Waals surface area contributed by atoms with E-state index in [0.29, 0.717) is 11.4 Å². The summed E-state index contributed by atoms with van der Waals surface area (Å²) in [5.41, 5.74) is 2.10. The molecular formula is C19H21N5O4S. The lowest BCUT2D eigenvalue weighted by atomic mass is 10.1. The van der Waals surface area contributed by atoms with E-state index >= 15 is 0 Å². The van der Waals surface area contributed by atoms with E-state index in [-0.39, 0.29) is 24.7 Å². The average Bonchev–Trinajstić information content (AvgIpc) is 3.21. The van der Waals surface area contributed by atoms with E-state index in [2.05, 4.69) is 15.0 Å². The number of aryl methyl sites for hydroxylation is 1. The van der Waals surface area contributed by atoms with Gasteiger partial charge in [-0.2, -0.15) is 4.31 Å². The summed E-state index contributed by atoms with van der Waals surface area (Å²) in [6, 6.07) is 7.45. The summed E-state index contributed by atoms with van der Waals surface area (Å²) >= 11 is 0. The Morgan fingerprint density at radius 3 is 2.59 bits per heavy atom. The minimum absolute atomic E-state index is 0.0233. The predicted octanol–water partition coefficient (Wildman–Crippen LogP) is 1.65. The number of rotatable bonds is 5. The van der Waals surface area contributed by atoms with E-state index < -0.39 is 16.1 Å². The summed E-state index contributed by atoms with van der Waals surface area (Å²) in [5.74, 6) is 0.737. The second kappa shape index (κ2) is 7.90. The van der Waals surface area contributed by atoms with Crippen molar-refractivity contribution in [2.24, 2.45) is 7.05 Å². The van der Waals surface area contributed by atoms with Crippen LogP contribution in [-0.4, -0.2) is 59.0 Å². The molecule has 0 bridgehead atoms. The van der Waals surface area contributed by atoms with Crippen LogP contribution in [0.2, 0.25) is 0 Å². The van der Waals surface area contributed by atoms with Gasteiger partial charge in [0.15, 0.2) is 5.03 Å². The molecule has 1 fully saturated rings. The minimum Gasteiger partial charge on any atom is -0.497 e. The zero-order valence-electron chi connectivity index (χ0n) is 16.1. The summed E-state index contributed by atoms with van der Waals surface area (Å²) in [6.45, 7) is 0.656. The van der Waals surface area contributed by atoms with Crippen LogP contribution in [-0.2, 0) is 21.8 Å². The third-order valence-electron chi connectivity index (χ3n) is 4.71. The van der Waals surface area contributed by atoms with Crippen LogP contribution in [0.3, 0.4) is 0 Å². The zero-order chi connectivity index (χ0) is 20.4. The standard InChI is InChI=1S/C19H21N5O4S/c1-23-12-17(22-13-23)29(25,26)24-9-10-28-16(11-24)19-18(20-7-8-21-19)14-3-5-15(27-2)6-4-14/h3-8,12-13,16H,9-11H2,1-2H3. The van der Waals surface area contributed by atoms with Crippen LogP contribution in [0.1, 0.15) is 11.8 Å². The third kappa shape index (κ3) is 3.86. The highest BCUT2D eigenvalue weighted by Gasteiger charge is 2.34. The average molecular weight is 415 g/mol. The number of hydrogen-bond donors (Lipinski definition) is 0. The molecule has 1 aliphatic rings. The van der Waals surface area contributed by atoms with Gasteiger partial charge in [0.2, 0.25) is 0 Å². The lowest BCUT2D eigenvalue weighted by molar-refractivity contribution is -0.00483. The quantitative estimate of drug-likeness (QED) is 0.625. The van der Waals surface area contributed by atoms with E-state index in [9.17, 15) is 8.42 Å². The van der Waals surface area contributed by atoms with Gasteiger partial charge in [0.25, 0.3) is 10.0 Å². The molecule has 10 heteroatoms. The van der Waals surface area contributed by atoms with Crippen molar-refractivity contribution in [3.8, 4) is 17.0 Å².